The van der Waals surface area contributed by atoms with E-state index < -0.39 is 23.8 Å². The monoisotopic (exact) mass is 404 g/mol. The van der Waals surface area contributed by atoms with Crippen molar-refractivity contribution in [1.29, 1.82) is 0 Å². The maximum Gasteiger partial charge on any atom is 0.338 e. The molecule has 29 heavy (non-hydrogen) atoms. The molecular formula is C20H24N2O7. The largest absolute Gasteiger partial charge is 0.459 e. The first kappa shape index (κ1) is 22.1. The number of anilines is 1. The van der Waals surface area contributed by atoms with Crippen LogP contribution in [0.3, 0.4) is 0 Å². The molecular weight excluding hydrogens is 380 g/mol. The molecule has 2 N–H and O–H groups in total. The number of ether oxygens (including phenoxy) is 2. The number of nitrogens with zero attached hydrogens (tertiary/aromatic N) is 1. The Bertz CT molecular complexity index is 818. The molecule has 1 aromatic carbocycles. The van der Waals surface area contributed by atoms with Crippen LogP contribution in [0.4, 0.5) is 5.69 Å². The van der Waals surface area contributed by atoms with E-state index in [9.17, 15) is 19.2 Å². The van der Waals surface area contributed by atoms with Crippen LogP contribution in [0, 0.1) is 0 Å². The first-order chi connectivity index (χ1) is 13.6. The lowest BCUT2D eigenvalue weighted by molar-refractivity contribution is -0.137. The minimum absolute atomic E-state index is 0.0407. The van der Waals surface area contributed by atoms with Gasteiger partial charge in [-0.2, -0.15) is 0 Å². The van der Waals surface area contributed by atoms with Crippen LogP contribution in [0.25, 0.3) is 0 Å². The summed E-state index contributed by atoms with van der Waals surface area (Å²) >= 11 is 0. The maximum atomic E-state index is 12.3. The second-order valence-electron chi connectivity index (χ2n) is 6.91. The van der Waals surface area contributed by atoms with Gasteiger partial charge in [0.15, 0.2) is 0 Å². The number of imide groups is 1. The van der Waals surface area contributed by atoms with E-state index in [0.29, 0.717) is 0 Å². The zero-order chi connectivity index (χ0) is 21.7. The molecule has 0 saturated carbocycles. The number of aliphatic hydroxyl groups excluding tert-OH is 1. The lowest BCUT2D eigenvalue weighted by atomic mass is 10.1. The van der Waals surface area contributed by atoms with E-state index in [1.165, 1.54) is 18.2 Å². The third kappa shape index (κ3) is 5.64. The molecule has 1 aliphatic rings. The Morgan fingerprint density at radius 2 is 1.52 bits per heavy atom. The van der Waals surface area contributed by atoms with Crippen molar-refractivity contribution in [3.05, 3.63) is 41.1 Å². The average molecular weight is 404 g/mol. The van der Waals surface area contributed by atoms with Crippen molar-refractivity contribution in [3.8, 4) is 0 Å². The molecule has 0 spiro atoms. The molecule has 1 aliphatic heterocycles. The first-order valence-corrected chi connectivity index (χ1v) is 9.14. The van der Waals surface area contributed by atoms with Crippen LogP contribution in [0.5, 0.6) is 0 Å². The summed E-state index contributed by atoms with van der Waals surface area (Å²) < 4.78 is 10.3. The van der Waals surface area contributed by atoms with E-state index in [2.05, 4.69) is 5.32 Å². The molecule has 0 aromatic heterocycles. The van der Waals surface area contributed by atoms with E-state index in [1.807, 2.05) is 0 Å². The van der Waals surface area contributed by atoms with Crippen LogP contribution < -0.4 is 5.32 Å². The zero-order valence-corrected chi connectivity index (χ0v) is 16.7. The van der Waals surface area contributed by atoms with Gasteiger partial charge in [0.05, 0.1) is 36.5 Å². The second-order valence-corrected chi connectivity index (χ2v) is 6.91. The van der Waals surface area contributed by atoms with Crippen LogP contribution in [-0.4, -0.2) is 59.1 Å². The van der Waals surface area contributed by atoms with Crippen molar-refractivity contribution in [2.75, 3.05) is 18.5 Å². The van der Waals surface area contributed by atoms with Crippen LogP contribution >= 0.6 is 0 Å². The predicted octanol–water partition coefficient (Wildman–Crippen LogP) is 1.47. The molecule has 1 heterocycles. The Morgan fingerprint density at radius 1 is 1.00 bits per heavy atom. The summed E-state index contributed by atoms with van der Waals surface area (Å²) in [6.07, 6.45) is 0.353. The van der Waals surface area contributed by atoms with Crippen molar-refractivity contribution in [2.45, 2.75) is 39.9 Å². The van der Waals surface area contributed by atoms with E-state index in [1.54, 1.807) is 27.7 Å². The van der Waals surface area contributed by atoms with Crippen molar-refractivity contribution in [3.63, 3.8) is 0 Å². The second kappa shape index (κ2) is 9.33. The van der Waals surface area contributed by atoms with Gasteiger partial charge >= 0.3 is 11.9 Å². The van der Waals surface area contributed by atoms with Crippen molar-refractivity contribution in [1.82, 2.24) is 4.90 Å². The molecule has 1 aromatic rings. The first-order valence-electron chi connectivity index (χ1n) is 9.14. The fraction of sp³-hybridized carbons (Fsp3) is 0.400. The predicted molar refractivity (Wildman–Crippen MR) is 103 cm³/mol. The Labute approximate surface area is 168 Å². The molecule has 156 valence electrons. The maximum absolute atomic E-state index is 12.3. The summed E-state index contributed by atoms with van der Waals surface area (Å²) in [4.78, 5) is 49.7. The fourth-order valence-electron chi connectivity index (χ4n) is 2.57. The van der Waals surface area contributed by atoms with Gasteiger partial charge in [0, 0.05) is 11.8 Å². The number of β-amino-alcohol motifs (C(OH)–C–C–N with tert-alkyl or cyclic N) is 1. The molecule has 2 amide bonds. The van der Waals surface area contributed by atoms with Gasteiger partial charge in [-0.15, -0.1) is 0 Å². The van der Waals surface area contributed by atoms with Crippen molar-refractivity contribution in [2.24, 2.45) is 0 Å². The molecule has 0 radical (unpaired) electrons. The Morgan fingerprint density at radius 3 is 1.97 bits per heavy atom. The Balaban J connectivity index is 2.36. The average Bonchev–Trinajstić information content (AvgIpc) is 2.88. The zero-order valence-electron chi connectivity index (χ0n) is 16.7. The topological polar surface area (TPSA) is 122 Å². The SMILES string of the molecule is CC(C)OC(=O)c1cc(NC2=CC(=O)N(CCO)C2=O)cc(C(=O)OC(C)C)c1. The Hall–Kier alpha value is -3.20. The normalized spacial score (nSPS) is 13.8. The molecule has 0 unspecified atom stereocenters. The van der Waals surface area contributed by atoms with E-state index >= 15 is 0 Å². The van der Waals surface area contributed by atoms with Gasteiger partial charge in [0.1, 0.15) is 5.70 Å². The third-order valence-corrected chi connectivity index (χ3v) is 3.70. The smallest absolute Gasteiger partial charge is 0.338 e. The summed E-state index contributed by atoms with van der Waals surface area (Å²) in [7, 11) is 0. The number of amides is 2. The highest BCUT2D eigenvalue weighted by Crippen LogP contribution is 2.22. The number of carbonyl (C=O) groups excluding carboxylic acids is 4. The summed E-state index contributed by atoms with van der Waals surface area (Å²) in [5.41, 5.74) is 0.367. The number of hydrogen-bond acceptors (Lipinski definition) is 8. The number of carbonyl (C=O) groups is 4. The van der Waals surface area contributed by atoms with Crippen LogP contribution in [0.15, 0.2) is 30.0 Å². The summed E-state index contributed by atoms with van der Waals surface area (Å²) in [5, 5.41) is 11.7. The van der Waals surface area contributed by atoms with Gasteiger partial charge < -0.3 is 19.9 Å². The quantitative estimate of drug-likeness (QED) is 0.493. The Kier molecular flexibility index (Phi) is 7.11. The molecule has 2 rings (SSSR count). The number of benzene rings is 1. The highest BCUT2D eigenvalue weighted by Gasteiger charge is 2.31. The third-order valence-electron chi connectivity index (χ3n) is 3.70. The molecule has 0 aliphatic carbocycles. The van der Waals surface area contributed by atoms with Crippen LogP contribution in [-0.2, 0) is 19.1 Å². The van der Waals surface area contributed by atoms with Crippen molar-refractivity contribution < 1.29 is 33.8 Å². The van der Waals surface area contributed by atoms with Crippen LogP contribution in [0.2, 0.25) is 0 Å². The van der Waals surface area contributed by atoms with Gasteiger partial charge in [-0.1, -0.05) is 0 Å². The lowest BCUT2D eigenvalue weighted by Crippen LogP contribution is -2.34. The van der Waals surface area contributed by atoms with E-state index in [0.717, 1.165) is 11.0 Å². The minimum atomic E-state index is -0.646. The van der Waals surface area contributed by atoms with Gasteiger partial charge in [-0.3, -0.25) is 14.5 Å². The highest BCUT2D eigenvalue weighted by atomic mass is 16.5. The minimum Gasteiger partial charge on any atom is -0.459 e. The molecule has 0 bridgehead atoms. The molecule has 0 fully saturated rings. The van der Waals surface area contributed by atoms with Crippen molar-refractivity contribution >= 4 is 29.4 Å². The summed E-state index contributed by atoms with van der Waals surface area (Å²) in [6, 6.07) is 4.16. The van der Waals surface area contributed by atoms with Gasteiger partial charge in [0.25, 0.3) is 11.8 Å². The van der Waals surface area contributed by atoms with Crippen LogP contribution in [0.1, 0.15) is 48.4 Å². The number of hydrogen-bond donors (Lipinski definition) is 2. The van der Waals surface area contributed by atoms with Gasteiger partial charge in [0.2, 0.25) is 0 Å². The number of nitrogens with one attached hydrogen (secondary N) is 1. The number of rotatable bonds is 8. The van der Waals surface area contributed by atoms with E-state index in [4.69, 9.17) is 14.6 Å². The molecule has 9 nitrogen and oxygen atoms in total. The fourth-order valence-corrected chi connectivity index (χ4v) is 2.57. The lowest BCUT2D eigenvalue weighted by Gasteiger charge is -2.15. The molecule has 0 atom stereocenters. The van der Waals surface area contributed by atoms with Gasteiger partial charge in [-0.05, 0) is 45.9 Å². The standard InChI is InChI=1S/C20H24N2O7/c1-11(2)28-19(26)13-7-14(20(27)29-12(3)4)9-15(8-13)21-16-10-17(24)22(5-6-23)18(16)25/h7-12,21,23H,5-6H2,1-4H3. The van der Waals surface area contributed by atoms with E-state index in [-0.39, 0.29) is 47.9 Å². The molecule has 9 heteroatoms. The summed E-state index contributed by atoms with van der Waals surface area (Å²) in [6.45, 7) is 6.27. The highest BCUT2D eigenvalue weighted by molar-refractivity contribution is 6.17. The summed E-state index contributed by atoms with van der Waals surface area (Å²) in [5.74, 6) is -2.48. The molecule has 0 saturated heterocycles. The number of esters is 2. The van der Waals surface area contributed by atoms with Gasteiger partial charge in [-0.25, -0.2) is 9.59 Å². The number of aliphatic hydroxyl groups is 1.